The topological polar surface area (TPSA) is 33.6 Å². The number of ether oxygens (including phenoxy) is 1. The van der Waals surface area contributed by atoms with Crippen LogP contribution in [0.5, 0.6) is 5.75 Å². The third kappa shape index (κ3) is 5.76. The van der Waals surface area contributed by atoms with E-state index in [1.165, 1.54) is 18.3 Å². The monoisotopic (exact) mass is 404 g/mol. The number of hydrogen-bond donors (Lipinski definition) is 1. The molecule has 0 aliphatic carbocycles. The Morgan fingerprint density at radius 2 is 1.75 bits per heavy atom. The summed E-state index contributed by atoms with van der Waals surface area (Å²) >= 11 is 5.95. The van der Waals surface area contributed by atoms with Gasteiger partial charge < -0.3 is 4.74 Å². The van der Waals surface area contributed by atoms with Crippen molar-refractivity contribution in [3.05, 3.63) is 94.5 Å². The van der Waals surface area contributed by atoms with Crippen molar-refractivity contribution in [1.82, 2.24) is 0 Å². The first kappa shape index (κ1) is 19.8. The van der Waals surface area contributed by atoms with Crippen molar-refractivity contribution in [2.75, 3.05) is 5.43 Å². The van der Waals surface area contributed by atoms with Crippen molar-refractivity contribution in [2.45, 2.75) is 12.8 Å². The molecule has 0 spiro atoms. The van der Waals surface area contributed by atoms with E-state index >= 15 is 0 Å². The van der Waals surface area contributed by atoms with E-state index < -0.39 is 11.7 Å². The third-order valence-corrected chi connectivity index (χ3v) is 3.98. The molecule has 3 rings (SSSR count). The van der Waals surface area contributed by atoms with Gasteiger partial charge in [0, 0.05) is 5.02 Å². The largest absolute Gasteiger partial charge is 0.489 e. The van der Waals surface area contributed by atoms with Crippen molar-refractivity contribution in [3.63, 3.8) is 0 Å². The minimum atomic E-state index is -4.39. The Balaban J connectivity index is 1.61. The van der Waals surface area contributed by atoms with Crippen molar-refractivity contribution in [3.8, 4) is 5.75 Å². The Morgan fingerprint density at radius 1 is 0.964 bits per heavy atom. The number of benzene rings is 3. The Labute approximate surface area is 165 Å². The highest BCUT2D eigenvalue weighted by atomic mass is 35.5. The van der Waals surface area contributed by atoms with Gasteiger partial charge in [0.2, 0.25) is 0 Å². The summed E-state index contributed by atoms with van der Waals surface area (Å²) in [5, 5.41) is 4.63. The van der Waals surface area contributed by atoms with Crippen LogP contribution in [0.1, 0.15) is 16.7 Å². The molecular weight excluding hydrogens is 389 g/mol. The fraction of sp³-hybridized carbons (Fsp3) is 0.0952. The second-order valence-electron chi connectivity index (χ2n) is 5.94. The van der Waals surface area contributed by atoms with E-state index in [-0.39, 0.29) is 5.69 Å². The van der Waals surface area contributed by atoms with E-state index in [1.807, 2.05) is 30.3 Å². The number of halogens is 4. The number of rotatable bonds is 6. The average Bonchev–Trinajstić information content (AvgIpc) is 2.66. The fourth-order valence-corrected chi connectivity index (χ4v) is 2.64. The predicted octanol–water partition coefficient (Wildman–Crippen LogP) is 6.38. The molecule has 1 N–H and O–H groups in total. The summed E-state index contributed by atoms with van der Waals surface area (Å²) in [6, 6.07) is 19.4. The number of hydrazone groups is 1. The molecule has 3 nitrogen and oxygen atoms in total. The average molecular weight is 405 g/mol. The first-order valence-corrected chi connectivity index (χ1v) is 8.71. The lowest BCUT2D eigenvalue weighted by Crippen LogP contribution is -2.05. The Bertz CT molecular complexity index is 974. The minimum Gasteiger partial charge on any atom is -0.489 e. The van der Waals surface area contributed by atoms with E-state index in [2.05, 4.69) is 10.5 Å². The molecule has 0 heterocycles. The van der Waals surface area contributed by atoms with Crippen molar-refractivity contribution in [2.24, 2.45) is 5.10 Å². The summed E-state index contributed by atoms with van der Waals surface area (Å²) in [4.78, 5) is 0. The standard InChI is InChI=1S/C21H16ClF3N2O/c22-18-7-1-5-16(10-18)14-28-20-9-2-4-15(11-20)13-26-27-19-8-3-6-17(12-19)21(23,24)25/h1-13,27H,14H2. The fourth-order valence-electron chi connectivity index (χ4n) is 2.42. The maximum Gasteiger partial charge on any atom is 0.416 e. The second-order valence-corrected chi connectivity index (χ2v) is 6.38. The zero-order chi connectivity index (χ0) is 20.0. The van der Waals surface area contributed by atoms with E-state index in [4.69, 9.17) is 16.3 Å². The maximum atomic E-state index is 12.7. The van der Waals surface area contributed by atoms with Crippen molar-refractivity contribution >= 4 is 23.5 Å². The summed E-state index contributed by atoms with van der Waals surface area (Å²) in [5.41, 5.74) is 3.80. The first-order valence-electron chi connectivity index (χ1n) is 8.34. The molecule has 3 aromatic rings. The first-order chi connectivity index (χ1) is 13.4. The van der Waals surface area contributed by atoms with E-state index in [0.717, 1.165) is 23.3 Å². The highest BCUT2D eigenvalue weighted by Crippen LogP contribution is 2.30. The lowest BCUT2D eigenvalue weighted by Gasteiger charge is -2.08. The molecule has 0 unspecified atom stereocenters. The third-order valence-electron chi connectivity index (χ3n) is 3.75. The molecule has 0 atom stereocenters. The smallest absolute Gasteiger partial charge is 0.416 e. The molecule has 7 heteroatoms. The lowest BCUT2D eigenvalue weighted by atomic mass is 10.2. The van der Waals surface area contributed by atoms with Crippen molar-refractivity contribution in [1.29, 1.82) is 0 Å². The molecule has 28 heavy (non-hydrogen) atoms. The molecule has 0 aliphatic heterocycles. The van der Waals surface area contributed by atoms with Gasteiger partial charge in [0.05, 0.1) is 17.5 Å². The summed E-state index contributed by atoms with van der Waals surface area (Å²) < 4.78 is 43.9. The molecule has 0 radical (unpaired) electrons. The summed E-state index contributed by atoms with van der Waals surface area (Å²) in [6.07, 6.45) is -2.89. The van der Waals surface area contributed by atoms with Gasteiger partial charge in [0.1, 0.15) is 12.4 Å². The van der Waals surface area contributed by atoms with Gasteiger partial charge in [-0.3, -0.25) is 5.43 Å². The Kier molecular flexibility index (Phi) is 6.21. The summed E-state index contributed by atoms with van der Waals surface area (Å²) in [7, 11) is 0. The van der Waals surface area contributed by atoms with Crippen LogP contribution >= 0.6 is 11.6 Å². The van der Waals surface area contributed by atoms with Crippen LogP contribution in [0, 0.1) is 0 Å². The normalized spacial score (nSPS) is 11.6. The number of anilines is 1. The molecule has 0 bridgehead atoms. The molecule has 0 saturated carbocycles. The molecule has 0 amide bonds. The zero-order valence-electron chi connectivity index (χ0n) is 14.6. The van der Waals surface area contributed by atoms with Gasteiger partial charge in [-0.2, -0.15) is 18.3 Å². The van der Waals surface area contributed by atoms with Gasteiger partial charge in [-0.05, 0) is 53.6 Å². The Morgan fingerprint density at radius 3 is 2.54 bits per heavy atom. The number of nitrogens with one attached hydrogen (secondary N) is 1. The van der Waals surface area contributed by atoms with Gasteiger partial charge in [0.25, 0.3) is 0 Å². The minimum absolute atomic E-state index is 0.249. The van der Waals surface area contributed by atoms with E-state index in [0.29, 0.717) is 17.4 Å². The van der Waals surface area contributed by atoms with Crippen LogP contribution in [0.3, 0.4) is 0 Å². The summed E-state index contributed by atoms with van der Waals surface area (Å²) in [5.74, 6) is 0.642. The van der Waals surface area contributed by atoms with Gasteiger partial charge in [-0.15, -0.1) is 0 Å². The molecular formula is C21H16ClF3N2O. The highest BCUT2D eigenvalue weighted by Gasteiger charge is 2.30. The van der Waals surface area contributed by atoms with E-state index in [1.54, 1.807) is 18.2 Å². The van der Waals surface area contributed by atoms with Gasteiger partial charge in [-0.1, -0.05) is 41.9 Å². The van der Waals surface area contributed by atoms with Gasteiger partial charge >= 0.3 is 6.18 Å². The quantitative estimate of drug-likeness (QED) is 0.382. The lowest BCUT2D eigenvalue weighted by molar-refractivity contribution is -0.137. The SMILES string of the molecule is FC(F)(F)c1cccc(NN=Cc2cccc(OCc3cccc(Cl)c3)c2)c1. The number of nitrogens with zero attached hydrogens (tertiary/aromatic N) is 1. The maximum absolute atomic E-state index is 12.7. The van der Waals surface area contributed by atoms with E-state index in [9.17, 15) is 13.2 Å². The molecule has 0 aliphatic rings. The van der Waals surface area contributed by atoms with Crippen LogP contribution in [-0.2, 0) is 12.8 Å². The molecule has 0 aromatic heterocycles. The Hall–Kier alpha value is -2.99. The number of alkyl halides is 3. The van der Waals surface area contributed by atoms with Crippen LogP contribution in [0.25, 0.3) is 0 Å². The molecule has 0 fully saturated rings. The molecule has 3 aromatic carbocycles. The van der Waals surface area contributed by atoms with Gasteiger partial charge in [0.15, 0.2) is 0 Å². The van der Waals surface area contributed by atoms with Crippen LogP contribution < -0.4 is 10.2 Å². The van der Waals surface area contributed by atoms with Crippen LogP contribution in [0.2, 0.25) is 5.02 Å². The number of hydrogen-bond acceptors (Lipinski definition) is 3. The second kappa shape index (κ2) is 8.80. The molecule has 0 saturated heterocycles. The highest BCUT2D eigenvalue weighted by molar-refractivity contribution is 6.30. The molecule has 144 valence electrons. The van der Waals surface area contributed by atoms with Crippen LogP contribution in [0.15, 0.2) is 77.9 Å². The van der Waals surface area contributed by atoms with Gasteiger partial charge in [-0.25, -0.2) is 0 Å². The predicted molar refractivity (Wildman–Crippen MR) is 105 cm³/mol. The van der Waals surface area contributed by atoms with Crippen LogP contribution in [-0.4, -0.2) is 6.21 Å². The summed E-state index contributed by atoms with van der Waals surface area (Å²) in [6.45, 7) is 0.365. The van der Waals surface area contributed by atoms with Crippen molar-refractivity contribution < 1.29 is 17.9 Å². The zero-order valence-corrected chi connectivity index (χ0v) is 15.3. The van der Waals surface area contributed by atoms with Crippen LogP contribution in [0.4, 0.5) is 18.9 Å².